The van der Waals surface area contributed by atoms with E-state index in [0.717, 1.165) is 71.4 Å². The molecule has 0 spiro atoms. The van der Waals surface area contributed by atoms with E-state index < -0.39 is 0 Å². The molecule has 112 valence electrons. The summed E-state index contributed by atoms with van der Waals surface area (Å²) in [6, 6.07) is 0. The molecule has 2 amide bonds. The van der Waals surface area contributed by atoms with Crippen molar-refractivity contribution in [3.63, 3.8) is 0 Å². The molecule has 1 aliphatic carbocycles. The topological polar surface area (TPSA) is 43.9 Å². The van der Waals surface area contributed by atoms with Crippen molar-refractivity contribution < 1.29 is 9.59 Å². The van der Waals surface area contributed by atoms with Crippen LogP contribution in [0.4, 0.5) is 0 Å². The maximum Gasteiger partial charge on any atom is 0.236 e. The molecule has 2 aliphatic heterocycles. The van der Waals surface area contributed by atoms with Gasteiger partial charge in [-0.1, -0.05) is 0 Å². The number of hydrogen-bond donors (Lipinski definition) is 0. The van der Waals surface area contributed by atoms with Crippen molar-refractivity contribution in [2.75, 3.05) is 45.8 Å². The minimum absolute atomic E-state index is 0.268. The fraction of sp³-hybridized carbons (Fsp3) is 0.867. The summed E-state index contributed by atoms with van der Waals surface area (Å²) in [4.78, 5) is 30.5. The van der Waals surface area contributed by atoms with Gasteiger partial charge in [0.15, 0.2) is 0 Å². The summed E-state index contributed by atoms with van der Waals surface area (Å²) in [5.41, 5.74) is 0. The lowest BCUT2D eigenvalue weighted by atomic mass is 10.3. The number of rotatable bonds is 3. The molecule has 2 heterocycles. The molecular weight excluding hydrogens is 254 g/mol. The van der Waals surface area contributed by atoms with E-state index in [9.17, 15) is 9.59 Å². The summed E-state index contributed by atoms with van der Waals surface area (Å²) in [5.74, 6) is 0.926. The maximum absolute atomic E-state index is 12.2. The number of nitrogens with zero attached hydrogens (tertiary/aromatic N) is 3. The highest BCUT2D eigenvalue weighted by molar-refractivity contribution is 5.81. The summed E-state index contributed by atoms with van der Waals surface area (Å²) >= 11 is 0. The van der Waals surface area contributed by atoms with Gasteiger partial charge in [0, 0.05) is 45.2 Å². The van der Waals surface area contributed by atoms with Crippen LogP contribution in [0.15, 0.2) is 0 Å². The summed E-state index contributed by atoms with van der Waals surface area (Å²) in [5, 5.41) is 0. The van der Waals surface area contributed by atoms with Crippen LogP contribution >= 0.6 is 0 Å². The van der Waals surface area contributed by atoms with Crippen LogP contribution in [-0.4, -0.2) is 72.3 Å². The third-order valence-electron chi connectivity index (χ3n) is 4.64. The lowest BCUT2D eigenvalue weighted by Crippen LogP contribution is -2.41. The summed E-state index contributed by atoms with van der Waals surface area (Å²) < 4.78 is 0. The predicted molar refractivity (Wildman–Crippen MR) is 76.2 cm³/mol. The Balaban J connectivity index is 1.46. The number of carbonyl (C=O) groups is 2. The molecule has 0 unspecified atom stereocenters. The Morgan fingerprint density at radius 3 is 2.20 bits per heavy atom. The molecule has 0 radical (unpaired) electrons. The first kappa shape index (κ1) is 13.9. The summed E-state index contributed by atoms with van der Waals surface area (Å²) in [7, 11) is 0. The zero-order valence-corrected chi connectivity index (χ0v) is 12.2. The van der Waals surface area contributed by atoms with E-state index in [1.807, 2.05) is 9.80 Å². The molecule has 0 aromatic carbocycles. The third kappa shape index (κ3) is 3.32. The first-order valence-electron chi connectivity index (χ1n) is 8.03. The van der Waals surface area contributed by atoms with Crippen molar-refractivity contribution in [3.8, 4) is 0 Å². The minimum Gasteiger partial charge on any atom is -0.342 e. The highest BCUT2D eigenvalue weighted by Crippen LogP contribution is 2.31. The van der Waals surface area contributed by atoms with Crippen molar-refractivity contribution in [2.45, 2.75) is 32.1 Å². The van der Waals surface area contributed by atoms with Gasteiger partial charge >= 0.3 is 0 Å². The average Bonchev–Trinajstić information content (AvgIpc) is 3.20. The Morgan fingerprint density at radius 1 is 0.800 bits per heavy atom. The van der Waals surface area contributed by atoms with Crippen LogP contribution in [0, 0.1) is 5.92 Å². The van der Waals surface area contributed by atoms with Gasteiger partial charge in [0.2, 0.25) is 11.8 Å². The van der Waals surface area contributed by atoms with Gasteiger partial charge in [-0.3, -0.25) is 14.5 Å². The highest BCUT2D eigenvalue weighted by atomic mass is 16.2. The van der Waals surface area contributed by atoms with Gasteiger partial charge in [0.25, 0.3) is 0 Å². The lowest BCUT2D eigenvalue weighted by molar-refractivity contribution is -0.132. The summed E-state index contributed by atoms with van der Waals surface area (Å²) in [6.07, 6.45) is 5.44. The number of amides is 2. The van der Waals surface area contributed by atoms with E-state index >= 15 is 0 Å². The Hall–Kier alpha value is -1.10. The molecule has 20 heavy (non-hydrogen) atoms. The predicted octanol–water partition coefficient (Wildman–Crippen LogP) is 0.553. The quantitative estimate of drug-likeness (QED) is 0.758. The van der Waals surface area contributed by atoms with Crippen LogP contribution in [0.2, 0.25) is 0 Å². The van der Waals surface area contributed by atoms with Crippen LogP contribution in [0.3, 0.4) is 0 Å². The third-order valence-corrected chi connectivity index (χ3v) is 4.64. The van der Waals surface area contributed by atoms with Crippen LogP contribution in [0.5, 0.6) is 0 Å². The second kappa shape index (κ2) is 6.12. The molecule has 3 fully saturated rings. The molecule has 5 heteroatoms. The zero-order chi connectivity index (χ0) is 13.9. The molecule has 3 aliphatic rings. The first-order valence-corrected chi connectivity index (χ1v) is 8.03. The highest BCUT2D eigenvalue weighted by Gasteiger charge is 2.34. The molecule has 0 N–H and O–H groups in total. The second-order valence-electron chi connectivity index (χ2n) is 6.32. The second-order valence-corrected chi connectivity index (χ2v) is 6.32. The molecular formula is C15H25N3O2. The Bertz CT molecular complexity index is 375. The fourth-order valence-corrected chi connectivity index (χ4v) is 3.20. The Kier molecular flexibility index (Phi) is 4.24. The van der Waals surface area contributed by atoms with E-state index in [0.29, 0.717) is 18.4 Å². The van der Waals surface area contributed by atoms with Gasteiger partial charge < -0.3 is 9.80 Å². The molecule has 0 aromatic heterocycles. The van der Waals surface area contributed by atoms with Crippen LogP contribution in [0.1, 0.15) is 32.1 Å². The molecule has 0 atom stereocenters. The molecule has 2 saturated heterocycles. The SMILES string of the molecule is O=C(CN1CCCN(C(=O)C2CC2)CC1)N1CCCC1. The Labute approximate surface area is 120 Å². The van der Waals surface area contributed by atoms with Crippen molar-refractivity contribution >= 4 is 11.8 Å². The van der Waals surface area contributed by atoms with Crippen LogP contribution < -0.4 is 0 Å². The van der Waals surface area contributed by atoms with E-state index in [4.69, 9.17) is 0 Å². The average molecular weight is 279 g/mol. The van der Waals surface area contributed by atoms with Crippen molar-refractivity contribution in [2.24, 2.45) is 5.92 Å². The van der Waals surface area contributed by atoms with E-state index in [-0.39, 0.29) is 5.91 Å². The van der Waals surface area contributed by atoms with E-state index in [1.165, 1.54) is 0 Å². The van der Waals surface area contributed by atoms with Gasteiger partial charge in [-0.05, 0) is 32.1 Å². The summed E-state index contributed by atoms with van der Waals surface area (Å²) in [6.45, 7) is 5.84. The molecule has 0 bridgehead atoms. The van der Waals surface area contributed by atoms with Gasteiger partial charge in [0.05, 0.1) is 6.54 Å². The molecule has 0 aromatic rings. The fourth-order valence-electron chi connectivity index (χ4n) is 3.20. The van der Waals surface area contributed by atoms with Crippen molar-refractivity contribution in [3.05, 3.63) is 0 Å². The van der Waals surface area contributed by atoms with Crippen molar-refractivity contribution in [1.29, 1.82) is 0 Å². The zero-order valence-electron chi connectivity index (χ0n) is 12.2. The van der Waals surface area contributed by atoms with Crippen LogP contribution in [0.25, 0.3) is 0 Å². The largest absolute Gasteiger partial charge is 0.342 e. The van der Waals surface area contributed by atoms with Gasteiger partial charge in [-0.25, -0.2) is 0 Å². The van der Waals surface area contributed by atoms with Gasteiger partial charge in [-0.15, -0.1) is 0 Å². The molecule has 1 saturated carbocycles. The number of carbonyl (C=O) groups excluding carboxylic acids is 2. The smallest absolute Gasteiger partial charge is 0.236 e. The first-order chi connectivity index (χ1) is 9.74. The number of hydrogen-bond acceptors (Lipinski definition) is 3. The van der Waals surface area contributed by atoms with Gasteiger partial charge in [-0.2, -0.15) is 0 Å². The lowest BCUT2D eigenvalue weighted by Gasteiger charge is -2.24. The monoisotopic (exact) mass is 279 g/mol. The van der Waals surface area contributed by atoms with E-state index in [2.05, 4.69) is 4.90 Å². The normalized spacial score (nSPS) is 24.8. The standard InChI is InChI=1S/C15H25N3O2/c19-14(17-7-1-2-8-17)12-16-6-3-9-18(11-10-16)15(20)13-4-5-13/h13H,1-12H2. The minimum atomic E-state index is 0.268. The van der Waals surface area contributed by atoms with E-state index in [1.54, 1.807) is 0 Å². The molecule has 3 rings (SSSR count). The Morgan fingerprint density at radius 2 is 1.50 bits per heavy atom. The molecule has 5 nitrogen and oxygen atoms in total. The van der Waals surface area contributed by atoms with Crippen molar-refractivity contribution in [1.82, 2.24) is 14.7 Å². The van der Waals surface area contributed by atoms with Gasteiger partial charge in [0.1, 0.15) is 0 Å². The number of likely N-dealkylation sites (tertiary alicyclic amines) is 1. The maximum atomic E-state index is 12.2. The van der Waals surface area contributed by atoms with Crippen LogP contribution in [-0.2, 0) is 9.59 Å².